The summed E-state index contributed by atoms with van der Waals surface area (Å²) in [7, 11) is 2.28. The molecule has 0 heterocycles. The molecule has 1 aromatic rings. The molecule has 112 valence electrons. The van der Waals surface area contributed by atoms with E-state index >= 15 is 0 Å². The first kappa shape index (κ1) is 15.5. The smallest absolute Gasteiger partial charge is 0.0449 e. The van der Waals surface area contributed by atoms with Gasteiger partial charge >= 0.3 is 0 Å². The molecule has 0 aromatic heterocycles. The van der Waals surface area contributed by atoms with E-state index in [-0.39, 0.29) is 0 Å². The number of nitrogens with zero attached hydrogens (tertiary/aromatic N) is 1. The standard InChI is InChI=1S/C18H30N2/c1-3-19-18(17-12-8-5-9-13-17)15-20(2)14-16-10-6-4-7-11-16/h5,8-9,12-13,16,18-19H,3-4,6-7,10-11,14-15H2,1-2H3. The van der Waals surface area contributed by atoms with Gasteiger partial charge in [-0.2, -0.15) is 0 Å². The lowest BCUT2D eigenvalue weighted by Gasteiger charge is -2.30. The third kappa shape index (κ3) is 4.92. The summed E-state index contributed by atoms with van der Waals surface area (Å²) in [5.74, 6) is 0.923. The number of likely N-dealkylation sites (N-methyl/N-ethyl adjacent to an activating group) is 2. The van der Waals surface area contributed by atoms with Crippen LogP contribution in [0.4, 0.5) is 0 Å². The number of hydrogen-bond donors (Lipinski definition) is 1. The zero-order valence-electron chi connectivity index (χ0n) is 13.1. The van der Waals surface area contributed by atoms with Crippen molar-refractivity contribution in [1.29, 1.82) is 0 Å². The summed E-state index contributed by atoms with van der Waals surface area (Å²) in [6.07, 6.45) is 7.19. The fourth-order valence-electron chi connectivity index (χ4n) is 3.42. The number of benzene rings is 1. The lowest BCUT2D eigenvalue weighted by molar-refractivity contribution is 0.216. The fourth-order valence-corrected chi connectivity index (χ4v) is 3.42. The van der Waals surface area contributed by atoms with Crippen molar-refractivity contribution in [3.05, 3.63) is 35.9 Å². The Balaban J connectivity index is 1.87. The van der Waals surface area contributed by atoms with Crippen molar-refractivity contribution in [2.75, 3.05) is 26.7 Å². The summed E-state index contributed by atoms with van der Waals surface area (Å²) in [5, 5.41) is 3.63. The van der Waals surface area contributed by atoms with Crippen LogP contribution in [0.2, 0.25) is 0 Å². The highest BCUT2D eigenvalue weighted by Gasteiger charge is 2.18. The van der Waals surface area contributed by atoms with Gasteiger partial charge in [-0.05, 0) is 37.9 Å². The molecule has 0 bridgehead atoms. The van der Waals surface area contributed by atoms with Crippen LogP contribution >= 0.6 is 0 Å². The molecule has 2 rings (SSSR count). The van der Waals surface area contributed by atoms with Gasteiger partial charge in [0.05, 0.1) is 0 Å². The summed E-state index contributed by atoms with van der Waals surface area (Å²) < 4.78 is 0. The molecule has 0 spiro atoms. The summed E-state index contributed by atoms with van der Waals surface area (Å²) in [6.45, 7) is 5.58. The van der Waals surface area contributed by atoms with E-state index in [1.807, 2.05) is 0 Å². The molecule has 0 amide bonds. The molecule has 20 heavy (non-hydrogen) atoms. The van der Waals surface area contributed by atoms with Crippen LogP contribution in [0.15, 0.2) is 30.3 Å². The van der Waals surface area contributed by atoms with Gasteiger partial charge in [0.15, 0.2) is 0 Å². The van der Waals surface area contributed by atoms with E-state index in [1.165, 1.54) is 44.2 Å². The van der Waals surface area contributed by atoms with Gasteiger partial charge in [0.25, 0.3) is 0 Å². The molecular weight excluding hydrogens is 244 g/mol. The molecule has 0 aliphatic heterocycles. The molecule has 1 N–H and O–H groups in total. The van der Waals surface area contributed by atoms with Crippen LogP contribution in [-0.4, -0.2) is 31.6 Å². The predicted molar refractivity (Wildman–Crippen MR) is 86.9 cm³/mol. The fraction of sp³-hybridized carbons (Fsp3) is 0.667. The van der Waals surface area contributed by atoms with Crippen LogP contribution in [0.1, 0.15) is 50.6 Å². The van der Waals surface area contributed by atoms with Crippen LogP contribution in [0, 0.1) is 5.92 Å². The largest absolute Gasteiger partial charge is 0.309 e. The Morgan fingerprint density at radius 3 is 2.50 bits per heavy atom. The minimum absolute atomic E-state index is 0.454. The molecule has 1 aliphatic carbocycles. The topological polar surface area (TPSA) is 15.3 Å². The maximum atomic E-state index is 3.63. The molecule has 2 heteroatoms. The van der Waals surface area contributed by atoms with Gasteiger partial charge in [0.1, 0.15) is 0 Å². The molecule has 1 aromatic carbocycles. The maximum absolute atomic E-state index is 3.63. The van der Waals surface area contributed by atoms with Gasteiger partial charge < -0.3 is 10.2 Å². The van der Waals surface area contributed by atoms with E-state index in [4.69, 9.17) is 0 Å². The zero-order valence-corrected chi connectivity index (χ0v) is 13.1. The van der Waals surface area contributed by atoms with Crippen LogP contribution in [0.5, 0.6) is 0 Å². The van der Waals surface area contributed by atoms with E-state index in [9.17, 15) is 0 Å². The van der Waals surface area contributed by atoms with E-state index in [0.717, 1.165) is 19.0 Å². The average molecular weight is 274 g/mol. The van der Waals surface area contributed by atoms with Gasteiger partial charge in [-0.25, -0.2) is 0 Å². The first-order chi connectivity index (χ1) is 9.79. The highest BCUT2D eigenvalue weighted by atomic mass is 15.1. The quantitative estimate of drug-likeness (QED) is 0.812. The summed E-state index contributed by atoms with van der Waals surface area (Å²) >= 11 is 0. The third-order valence-corrected chi connectivity index (χ3v) is 4.44. The molecule has 1 atom stereocenters. The molecule has 1 saturated carbocycles. The Morgan fingerprint density at radius 2 is 1.85 bits per heavy atom. The first-order valence-electron chi connectivity index (χ1n) is 8.26. The Kier molecular flexibility index (Phi) is 6.55. The van der Waals surface area contributed by atoms with E-state index in [0.29, 0.717) is 6.04 Å². The molecular formula is C18H30N2. The minimum Gasteiger partial charge on any atom is -0.309 e. The maximum Gasteiger partial charge on any atom is 0.0449 e. The van der Waals surface area contributed by atoms with Gasteiger partial charge in [-0.1, -0.05) is 56.5 Å². The Morgan fingerprint density at radius 1 is 1.15 bits per heavy atom. The van der Waals surface area contributed by atoms with Crippen molar-refractivity contribution in [3.63, 3.8) is 0 Å². The van der Waals surface area contributed by atoms with Crippen LogP contribution in [0.25, 0.3) is 0 Å². The van der Waals surface area contributed by atoms with Gasteiger partial charge in [0.2, 0.25) is 0 Å². The van der Waals surface area contributed by atoms with Crippen molar-refractivity contribution in [2.24, 2.45) is 5.92 Å². The lowest BCUT2D eigenvalue weighted by Crippen LogP contribution is -2.36. The van der Waals surface area contributed by atoms with Crippen molar-refractivity contribution in [3.8, 4) is 0 Å². The van der Waals surface area contributed by atoms with Crippen molar-refractivity contribution in [1.82, 2.24) is 10.2 Å². The SMILES string of the molecule is CCNC(CN(C)CC1CCCCC1)c1ccccc1. The molecule has 1 unspecified atom stereocenters. The molecule has 1 fully saturated rings. The zero-order chi connectivity index (χ0) is 14.2. The predicted octanol–water partition coefficient (Wildman–Crippen LogP) is 3.85. The molecule has 1 aliphatic rings. The average Bonchev–Trinajstić information content (AvgIpc) is 2.49. The second-order valence-corrected chi connectivity index (χ2v) is 6.25. The van der Waals surface area contributed by atoms with Crippen LogP contribution in [-0.2, 0) is 0 Å². The van der Waals surface area contributed by atoms with Gasteiger partial charge in [-0.15, -0.1) is 0 Å². The van der Waals surface area contributed by atoms with Crippen molar-refractivity contribution < 1.29 is 0 Å². The van der Waals surface area contributed by atoms with E-state index in [1.54, 1.807) is 0 Å². The normalized spacial score (nSPS) is 18.4. The monoisotopic (exact) mass is 274 g/mol. The van der Waals surface area contributed by atoms with Crippen molar-refractivity contribution >= 4 is 0 Å². The third-order valence-electron chi connectivity index (χ3n) is 4.44. The highest BCUT2D eigenvalue weighted by molar-refractivity contribution is 5.19. The second kappa shape index (κ2) is 8.43. The van der Waals surface area contributed by atoms with Gasteiger partial charge in [0, 0.05) is 19.1 Å². The Labute approximate surface area is 124 Å². The summed E-state index contributed by atoms with van der Waals surface area (Å²) in [5.41, 5.74) is 1.41. The van der Waals surface area contributed by atoms with Crippen LogP contribution < -0.4 is 5.32 Å². The first-order valence-corrected chi connectivity index (χ1v) is 8.26. The Hall–Kier alpha value is -0.860. The van der Waals surface area contributed by atoms with Gasteiger partial charge in [-0.3, -0.25) is 0 Å². The number of rotatable bonds is 7. The number of nitrogens with one attached hydrogen (secondary N) is 1. The summed E-state index contributed by atoms with van der Waals surface area (Å²) in [4.78, 5) is 2.52. The highest BCUT2D eigenvalue weighted by Crippen LogP contribution is 2.24. The Bertz CT molecular complexity index is 357. The lowest BCUT2D eigenvalue weighted by atomic mass is 9.89. The molecule has 0 saturated heterocycles. The van der Waals surface area contributed by atoms with Crippen LogP contribution in [0.3, 0.4) is 0 Å². The number of hydrogen-bond acceptors (Lipinski definition) is 2. The summed E-state index contributed by atoms with van der Waals surface area (Å²) in [6, 6.07) is 11.3. The van der Waals surface area contributed by atoms with E-state index < -0.39 is 0 Å². The minimum atomic E-state index is 0.454. The molecule has 2 nitrogen and oxygen atoms in total. The van der Waals surface area contributed by atoms with E-state index in [2.05, 4.69) is 54.5 Å². The second-order valence-electron chi connectivity index (χ2n) is 6.25. The molecule has 0 radical (unpaired) electrons. The van der Waals surface area contributed by atoms with Crippen molar-refractivity contribution in [2.45, 2.75) is 45.1 Å².